The molecule has 0 aliphatic rings. The van der Waals surface area contributed by atoms with Gasteiger partial charge in [0.25, 0.3) is 0 Å². The number of carboxylic acid groups (broad SMARTS) is 1. The summed E-state index contributed by atoms with van der Waals surface area (Å²) in [5.41, 5.74) is 1.00. The van der Waals surface area contributed by atoms with Crippen LogP contribution in [0.4, 0.5) is 5.69 Å². The molecule has 4 nitrogen and oxygen atoms in total. The van der Waals surface area contributed by atoms with Gasteiger partial charge in [0.05, 0.1) is 5.69 Å². The first-order valence-electron chi connectivity index (χ1n) is 5.55. The molecule has 0 aromatic carbocycles. The molecule has 0 amide bonds. The van der Waals surface area contributed by atoms with Gasteiger partial charge in [-0.05, 0) is 12.5 Å². The minimum atomic E-state index is -0.926. The Labute approximate surface area is 95.9 Å². The molecule has 1 heterocycles. The van der Waals surface area contributed by atoms with Crippen LogP contribution in [0.1, 0.15) is 36.5 Å². The third-order valence-corrected chi connectivity index (χ3v) is 2.54. The molecule has 0 atom stereocenters. The molecule has 1 N–H and O–H groups in total. The molecular formula is C12H18N2O2. The van der Waals surface area contributed by atoms with Gasteiger partial charge in [0.2, 0.25) is 0 Å². The predicted molar refractivity (Wildman–Crippen MR) is 64.0 cm³/mol. The molecule has 0 radical (unpaired) electrons. The number of unbranched alkanes of at least 4 members (excludes halogenated alkanes) is 2. The van der Waals surface area contributed by atoms with Gasteiger partial charge in [0.15, 0.2) is 0 Å². The number of anilines is 1. The highest BCUT2D eigenvalue weighted by molar-refractivity contribution is 5.93. The number of nitrogens with zero attached hydrogens (tertiary/aromatic N) is 2. The van der Waals surface area contributed by atoms with Crippen molar-refractivity contribution in [1.29, 1.82) is 0 Å². The van der Waals surface area contributed by atoms with Gasteiger partial charge in [-0.3, -0.25) is 4.98 Å². The summed E-state index contributed by atoms with van der Waals surface area (Å²) in [6, 6.07) is 1.75. The molecule has 0 aliphatic heterocycles. The Morgan fingerprint density at radius 1 is 1.50 bits per heavy atom. The van der Waals surface area contributed by atoms with Gasteiger partial charge in [-0.25, -0.2) is 4.79 Å². The van der Waals surface area contributed by atoms with Gasteiger partial charge in [-0.15, -0.1) is 0 Å². The Kier molecular flexibility index (Phi) is 4.76. The van der Waals surface area contributed by atoms with Crippen LogP contribution >= 0.6 is 0 Å². The van der Waals surface area contributed by atoms with E-state index in [0.717, 1.165) is 31.5 Å². The minimum absolute atomic E-state index is 0.265. The maximum atomic E-state index is 11.0. The van der Waals surface area contributed by atoms with Gasteiger partial charge in [-0.2, -0.15) is 0 Å². The molecular weight excluding hydrogens is 204 g/mol. The van der Waals surface area contributed by atoms with Crippen LogP contribution in [0, 0.1) is 0 Å². The summed E-state index contributed by atoms with van der Waals surface area (Å²) in [6.45, 7) is 3.02. The fraction of sp³-hybridized carbons (Fsp3) is 0.500. The molecule has 16 heavy (non-hydrogen) atoms. The fourth-order valence-corrected chi connectivity index (χ4v) is 1.60. The number of aromatic carboxylic acids is 1. The first-order valence-corrected chi connectivity index (χ1v) is 5.55. The third kappa shape index (κ3) is 3.22. The number of carbonyl (C=O) groups is 1. The number of carboxylic acids is 1. The van der Waals surface area contributed by atoms with Crippen molar-refractivity contribution in [3.05, 3.63) is 24.0 Å². The van der Waals surface area contributed by atoms with Gasteiger partial charge in [0.1, 0.15) is 5.56 Å². The van der Waals surface area contributed by atoms with Crippen LogP contribution in [-0.4, -0.2) is 29.7 Å². The lowest BCUT2D eigenvalue weighted by Gasteiger charge is -2.20. The van der Waals surface area contributed by atoms with Crippen LogP contribution < -0.4 is 4.90 Å². The van der Waals surface area contributed by atoms with E-state index in [-0.39, 0.29) is 5.56 Å². The van der Waals surface area contributed by atoms with Crippen LogP contribution in [0.25, 0.3) is 0 Å². The lowest BCUT2D eigenvalue weighted by Crippen LogP contribution is -2.21. The summed E-state index contributed by atoms with van der Waals surface area (Å²) in [5, 5.41) is 9.02. The van der Waals surface area contributed by atoms with Crippen molar-refractivity contribution < 1.29 is 9.90 Å². The second kappa shape index (κ2) is 6.10. The predicted octanol–water partition coefficient (Wildman–Crippen LogP) is 2.41. The van der Waals surface area contributed by atoms with E-state index < -0.39 is 5.97 Å². The topological polar surface area (TPSA) is 53.4 Å². The summed E-state index contributed by atoms with van der Waals surface area (Å²) in [5.74, 6) is -0.926. The summed E-state index contributed by atoms with van der Waals surface area (Å²) < 4.78 is 0. The Balaban J connectivity index is 2.74. The maximum Gasteiger partial charge on any atom is 0.339 e. The Bertz CT molecular complexity index is 353. The van der Waals surface area contributed by atoms with E-state index in [0.29, 0.717) is 0 Å². The van der Waals surface area contributed by atoms with Gasteiger partial charge < -0.3 is 10.0 Å². The standard InChI is InChI=1S/C12H18N2O2/c1-3-4-5-8-14(2)11-6-7-13-9-10(11)12(15)16/h6-7,9H,3-5,8H2,1-2H3,(H,15,16). The average Bonchev–Trinajstić information content (AvgIpc) is 2.29. The Morgan fingerprint density at radius 2 is 2.25 bits per heavy atom. The zero-order valence-electron chi connectivity index (χ0n) is 9.81. The van der Waals surface area contributed by atoms with Gasteiger partial charge >= 0.3 is 5.97 Å². The molecule has 1 aromatic heterocycles. The fourth-order valence-electron chi connectivity index (χ4n) is 1.60. The molecule has 0 spiro atoms. The number of rotatable bonds is 6. The molecule has 0 aliphatic carbocycles. The van der Waals surface area contributed by atoms with Crippen LogP contribution in [0.5, 0.6) is 0 Å². The first kappa shape index (κ1) is 12.5. The zero-order valence-corrected chi connectivity index (χ0v) is 9.81. The molecule has 1 aromatic rings. The highest BCUT2D eigenvalue weighted by atomic mass is 16.4. The van der Waals surface area contributed by atoms with E-state index >= 15 is 0 Å². The highest BCUT2D eigenvalue weighted by Gasteiger charge is 2.12. The number of hydrogen-bond acceptors (Lipinski definition) is 3. The highest BCUT2D eigenvalue weighted by Crippen LogP contribution is 2.18. The molecule has 4 heteroatoms. The summed E-state index contributed by atoms with van der Waals surface area (Å²) in [7, 11) is 1.91. The smallest absolute Gasteiger partial charge is 0.339 e. The number of pyridine rings is 1. The van der Waals surface area contributed by atoms with E-state index in [4.69, 9.17) is 5.11 Å². The van der Waals surface area contributed by atoms with E-state index in [2.05, 4.69) is 11.9 Å². The van der Waals surface area contributed by atoms with Crippen LogP contribution in [-0.2, 0) is 0 Å². The molecule has 88 valence electrons. The quantitative estimate of drug-likeness (QED) is 0.751. The van der Waals surface area contributed by atoms with Crippen molar-refractivity contribution in [1.82, 2.24) is 4.98 Å². The van der Waals surface area contributed by atoms with Gasteiger partial charge in [0, 0.05) is 26.0 Å². The number of aromatic nitrogens is 1. The third-order valence-electron chi connectivity index (χ3n) is 2.54. The van der Waals surface area contributed by atoms with E-state index in [1.807, 2.05) is 11.9 Å². The molecule has 0 unspecified atom stereocenters. The SMILES string of the molecule is CCCCCN(C)c1ccncc1C(=O)O. The van der Waals surface area contributed by atoms with Crippen LogP contribution in [0.2, 0.25) is 0 Å². The van der Waals surface area contributed by atoms with E-state index in [1.54, 1.807) is 12.3 Å². The summed E-state index contributed by atoms with van der Waals surface area (Å²) >= 11 is 0. The van der Waals surface area contributed by atoms with Crippen molar-refractivity contribution >= 4 is 11.7 Å². The molecule has 0 fully saturated rings. The van der Waals surface area contributed by atoms with Crippen molar-refractivity contribution in [3.8, 4) is 0 Å². The second-order valence-corrected chi connectivity index (χ2v) is 3.83. The first-order chi connectivity index (χ1) is 7.66. The summed E-state index contributed by atoms with van der Waals surface area (Å²) in [6.07, 6.45) is 6.42. The lowest BCUT2D eigenvalue weighted by molar-refractivity contribution is 0.0697. The van der Waals surface area contributed by atoms with Crippen molar-refractivity contribution in [2.45, 2.75) is 26.2 Å². The molecule has 0 saturated heterocycles. The molecule has 0 bridgehead atoms. The largest absolute Gasteiger partial charge is 0.478 e. The van der Waals surface area contributed by atoms with Crippen molar-refractivity contribution in [2.24, 2.45) is 0 Å². The second-order valence-electron chi connectivity index (χ2n) is 3.83. The zero-order chi connectivity index (χ0) is 12.0. The monoisotopic (exact) mass is 222 g/mol. The van der Waals surface area contributed by atoms with Gasteiger partial charge in [-0.1, -0.05) is 19.8 Å². The molecule has 1 rings (SSSR count). The molecule has 0 saturated carbocycles. The Morgan fingerprint density at radius 3 is 2.88 bits per heavy atom. The average molecular weight is 222 g/mol. The maximum absolute atomic E-state index is 11.0. The van der Waals surface area contributed by atoms with Crippen molar-refractivity contribution in [2.75, 3.05) is 18.5 Å². The normalized spacial score (nSPS) is 10.1. The summed E-state index contributed by atoms with van der Waals surface area (Å²) in [4.78, 5) is 16.8. The van der Waals surface area contributed by atoms with Crippen LogP contribution in [0.3, 0.4) is 0 Å². The minimum Gasteiger partial charge on any atom is -0.478 e. The van der Waals surface area contributed by atoms with E-state index in [9.17, 15) is 4.79 Å². The van der Waals surface area contributed by atoms with E-state index in [1.165, 1.54) is 6.20 Å². The number of hydrogen-bond donors (Lipinski definition) is 1. The van der Waals surface area contributed by atoms with Crippen molar-refractivity contribution in [3.63, 3.8) is 0 Å². The lowest BCUT2D eigenvalue weighted by atomic mass is 10.2. The van der Waals surface area contributed by atoms with Crippen LogP contribution in [0.15, 0.2) is 18.5 Å². The Hall–Kier alpha value is -1.58.